The largest absolute Gasteiger partial charge is 0.493 e. The number of rotatable bonds is 4. The molecule has 45 heavy (non-hydrogen) atoms. The molecular formula is C35H39N3O7. The second kappa shape index (κ2) is 13.6. The van der Waals surface area contributed by atoms with Gasteiger partial charge in [0, 0.05) is 30.8 Å². The van der Waals surface area contributed by atoms with Gasteiger partial charge in [0.1, 0.15) is 11.5 Å². The predicted octanol–water partition coefficient (Wildman–Crippen LogP) is 4.59. The fourth-order valence-electron chi connectivity index (χ4n) is 6.16. The molecule has 3 amide bonds. The monoisotopic (exact) mass is 613 g/mol. The number of nitrogens with zero attached hydrogens (tertiary/aromatic N) is 2. The summed E-state index contributed by atoms with van der Waals surface area (Å²) >= 11 is 0. The van der Waals surface area contributed by atoms with Gasteiger partial charge in [0.25, 0.3) is 11.8 Å². The van der Waals surface area contributed by atoms with Crippen LogP contribution in [0.4, 0.5) is 0 Å². The van der Waals surface area contributed by atoms with Crippen molar-refractivity contribution in [3.63, 3.8) is 0 Å². The van der Waals surface area contributed by atoms with E-state index in [1.807, 2.05) is 49.4 Å². The fourth-order valence-corrected chi connectivity index (χ4v) is 6.16. The van der Waals surface area contributed by atoms with Gasteiger partial charge in [0.2, 0.25) is 5.91 Å². The van der Waals surface area contributed by atoms with Crippen LogP contribution in [-0.2, 0) is 22.6 Å². The second-order valence-electron chi connectivity index (χ2n) is 11.7. The molecule has 236 valence electrons. The average molecular weight is 614 g/mol. The van der Waals surface area contributed by atoms with Crippen molar-refractivity contribution in [1.82, 2.24) is 15.1 Å². The van der Waals surface area contributed by atoms with Crippen LogP contribution < -0.4 is 19.5 Å². The lowest BCUT2D eigenvalue weighted by Gasteiger charge is -2.39. The zero-order valence-corrected chi connectivity index (χ0v) is 25.8. The van der Waals surface area contributed by atoms with Gasteiger partial charge in [0.05, 0.1) is 39.0 Å². The van der Waals surface area contributed by atoms with Crippen LogP contribution in [0.1, 0.15) is 58.0 Å². The van der Waals surface area contributed by atoms with Gasteiger partial charge in [-0.05, 0) is 85.3 Å². The van der Waals surface area contributed by atoms with Crippen molar-refractivity contribution < 1.29 is 33.3 Å². The standard InChI is InChI=1S/C35H39N3O7/c1-3-14-37-21-33(39)36-28-13-15-38(34(40)25-9-11-29-24(18-25)7-5-16-43-29)20-32(28)44-22-23-6-4-8-27(17-23)45-31-19-26(35(37)41)10-12-30(31)42-2/h4,6,8-12,17-19,28,32H,3,5,7,13-16,20-22H2,1-2H3,(H,36,39)/t28-,32-/m0/s1. The lowest BCUT2D eigenvalue weighted by molar-refractivity contribution is -0.124. The summed E-state index contributed by atoms with van der Waals surface area (Å²) in [5, 5.41) is 3.12. The number of methoxy groups -OCH3 is 1. The Hall–Kier alpha value is -4.57. The van der Waals surface area contributed by atoms with Gasteiger partial charge in [-0.1, -0.05) is 19.1 Å². The summed E-state index contributed by atoms with van der Waals surface area (Å²) in [6, 6.07) is 17.8. The highest BCUT2D eigenvalue weighted by Gasteiger charge is 2.34. The third kappa shape index (κ3) is 6.91. The van der Waals surface area contributed by atoms with Gasteiger partial charge in [-0.3, -0.25) is 14.4 Å². The van der Waals surface area contributed by atoms with E-state index < -0.39 is 6.10 Å². The summed E-state index contributed by atoms with van der Waals surface area (Å²) < 4.78 is 23.9. The summed E-state index contributed by atoms with van der Waals surface area (Å²) in [6.45, 7) is 4.00. The second-order valence-corrected chi connectivity index (χ2v) is 11.7. The van der Waals surface area contributed by atoms with E-state index in [9.17, 15) is 14.4 Å². The first-order chi connectivity index (χ1) is 21.9. The summed E-state index contributed by atoms with van der Waals surface area (Å²) in [4.78, 5) is 44.0. The Labute approximate surface area is 263 Å². The predicted molar refractivity (Wildman–Crippen MR) is 167 cm³/mol. The van der Waals surface area contributed by atoms with E-state index in [-0.39, 0.29) is 36.9 Å². The number of hydrogen-bond acceptors (Lipinski definition) is 7. The molecule has 2 atom stereocenters. The number of likely N-dealkylation sites (tertiary alicyclic amines) is 1. The number of fused-ring (bicyclic) bond motifs is 6. The molecule has 3 aromatic carbocycles. The molecule has 0 spiro atoms. The van der Waals surface area contributed by atoms with Gasteiger partial charge >= 0.3 is 0 Å². The molecule has 1 N–H and O–H groups in total. The molecule has 3 aromatic rings. The van der Waals surface area contributed by atoms with Crippen LogP contribution in [0.25, 0.3) is 0 Å². The molecule has 0 unspecified atom stereocenters. The summed E-state index contributed by atoms with van der Waals surface area (Å²) in [6.07, 6.45) is 2.55. The first-order valence-corrected chi connectivity index (χ1v) is 15.6. The van der Waals surface area contributed by atoms with Crippen molar-refractivity contribution in [2.24, 2.45) is 0 Å². The van der Waals surface area contributed by atoms with E-state index in [1.54, 1.807) is 35.1 Å². The van der Waals surface area contributed by atoms with Crippen LogP contribution in [0.15, 0.2) is 60.7 Å². The first kappa shape index (κ1) is 30.5. The van der Waals surface area contributed by atoms with Crippen molar-refractivity contribution in [1.29, 1.82) is 0 Å². The third-order valence-electron chi connectivity index (χ3n) is 8.46. The quantitative estimate of drug-likeness (QED) is 0.459. The van der Waals surface area contributed by atoms with Crippen molar-refractivity contribution >= 4 is 17.7 Å². The third-order valence-corrected chi connectivity index (χ3v) is 8.46. The van der Waals surface area contributed by atoms with Gasteiger partial charge < -0.3 is 34.1 Å². The number of amides is 3. The molecule has 1 saturated heterocycles. The first-order valence-electron chi connectivity index (χ1n) is 15.6. The number of nitrogens with one attached hydrogen (secondary N) is 1. The Morgan fingerprint density at radius 3 is 2.80 bits per heavy atom. The van der Waals surface area contributed by atoms with E-state index in [1.165, 1.54) is 0 Å². The zero-order chi connectivity index (χ0) is 31.3. The zero-order valence-electron chi connectivity index (χ0n) is 25.8. The molecule has 10 heteroatoms. The van der Waals surface area contributed by atoms with E-state index >= 15 is 0 Å². The van der Waals surface area contributed by atoms with Crippen LogP contribution in [-0.4, -0.2) is 79.6 Å². The highest BCUT2D eigenvalue weighted by Crippen LogP contribution is 2.34. The molecule has 3 aliphatic rings. The molecule has 0 radical (unpaired) electrons. The summed E-state index contributed by atoms with van der Waals surface area (Å²) in [7, 11) is 1.54. The number of carbonyl (C=O) groups excluding carboxylic acids is 3. The number of carbonyl (C=O) groups is 3. The van der Waals surface area contributed by atoms with Gasteiger partial charge in [-0.2, -0.15) is 0 Å². The number of benzene rings is 3. The van der Waals surface area contributed by atoms with Crippen molar-refractivity contribution in [3.8, 4) is 23.0 Å². The highest BCUT2D eigenvalue weighted by molar-refractivity contribution is 5.97. The van der Waals surface area contributed by atoms with E-state index in [4.69, 9.17) is 18.9 Å². The van der Waals surface area contributed by atoms with E-state index in [0.29, 0.717) is 67.5 Å². The van der Waals surface area contributed by atoms with Crippen LogP contribution in [0.2, 0.25) is 0 Å². The molecule has 1 fully saturated rings. The SMILES string of the molecule is CCCN1CC(=O)N[C@H]2CCN(C(=O)c3ccc4c(c3)CCCO4)C[C@@H]2OCc2cccc(c2)Oc2cc(ccc2OC)C1=O. The molecule has 0 aliphatic carbocycles. The van der Waals surface area contributed by atoms with Crippen LogP contribution in [0, 0.1) is 0 Å². The van der Waals surface area contributed by atoms with E-state index in [2.05, 4.69) is 5.32 Å². The van der Waals surface area contributed by atoms with Crippen molar-refractivity contribution in [2.45, 2.75) is 51.4 Å². The lowest BCUT2D eigenvalue weighted by atomic mass is 9.99. The summed E-state index contributed by atoms with van der Waals surface area (Å²) in [5.41, 5.74) is 2.93. The number of ether oxygens (including phenoxy) is 4. The molecule has 3 heterocycles. The maximum Gasteiger partial charge on any atom is 0.254 e. The minimum atomic E-state index is -0.465. The van der Waals surface area contributed by atoms with Crippen molar-refractivity contribution in [2.75, 3.05) is 39.9 Å². The topological polar surface area (TPSA) is 107 Å². The maximum absolute atomic E-state index is 13.7. The minimum absolute atomic E-state index is 0.0749. The molecular weight excluding hydrogens is 574 g/mol. The highest BCUT2D eigenvalue weighted by atomic mass is 16.5. The van der Waals surface area contributed by atoms with Gasteiger partial charge in [-0.15, -0.1) is 0 Å². The Morgan fingerprint density at radius 1 is 1.07 bits per heavy atom. The van der Waals surface area contributed by atoms with Gasteiger partial charge in [0.15, 0.2) is 11.5 Å². The number of piperidine rings is 1. The fraction of sp³-hybridized carbons (Fsp3) is 0.400. The summed E-state index contributed by atoms with van der Waals surface area (Å²) in [5.74, 6) is 1.66. The number of hydrogen-bond donors (Lipinski definition) is 1. The molecule has 6 rings (SSSR count). The molecule has 4 bridgehead atoms. The molecule has 3 aliphatic heterocycles. The minimum Gasteiger partial charge on any atom is -0.493 e. The Balaban J connectivity index is 1.27. The van der Waals surface area contributed by atoms with Crippen LogP contribution in [0.3, 0.4) is 0 Å². The maximum atomic E-state index is 13.7. The Kier molecular flexibility index (Phi) is 9.21. The smallest absolute Gasteiger partial charge is 0.254 e. The van der Waals surface area contributed by atoms with Crippen LogP contribution >= 0.6 is 0 Å². The molecule has 0 aromatic heterocycles. The lowest BCUT2D eigenvalue weighted by Crippen LogP contribution is -2.57. The van der Waals surface area contributed by atoms with Crippen LogP contribution in [0.5, 0.6) is 23.0 Å². The Bertz CT molecular complexity index is 1570. The normalized spacial score (nSPS) is 20.2. The van der Waals surface area contributed by atoms with Gasteiger partial charge in [-0.25, -0.2) is 0 Å². The Morgan fingerprint density at radius 2 is 1.96 bits per heavy atom. The van der Waals surface area contributed by atoms with Crippen molar-refractivity contribution in [3.05, 3.63) is 82.9 Å². The molecule has 10 nitrogen and oxygen atoms in total. The average Bonchev–Trinajstić information content (AvgIpc) is 3.06. The van der Waals surface area contributed by atoms with E-state index in [0.717, 1.165) is 29.7 Å². The number of aryl methyl sites for hydroxylation is 1. The molecule has 0 saturated carbocycles.